The maximum atomic E-state index is 13.9. The van der Waals surface area contributed by atoms with Gasteiger partial charge in [0.15, 0.2) is 0 Å². The quantitative estimate of drug-likeness (QED) is 0.281. The van der Waals surface area contributed by atoms with Gasteiger partial charge >= 0.3 is 0 Å². The number of amides is 2. The van der Waals surface area contributed by atoms with Crippen molar-refractivity contribution in [3.05, 3.63) is 80.3 Å². The number of hydrogen-bond acceptors (Lipinski definition) is 6. The van der Waals surface area contributed by atoms with Gasteiger partial charge in [0, 0.05) is 47.3 Å². The highest BCUT2D eigenvalue weighted by Gasteiger charge is 2.47. The Kier molecular flexibility index (Phi) is 8.35. The fourth-order valence-corrected chi connectivity index (χ4v) is 7.47. The third kappa shape index (κ3) is 5.43. The second-order valence-electron chi connectivity index (χ2n) is 12.6. The number of aryl methyl sites for hydroxylation is 2. The number of fused-ring (bicyclic) bond motifs is 2. The molecule has 0 aliphatic carbocycles. The summed E-state index contributed by atoms with van der Waals surface area (Å²) in [5, 5.41) is 13.1. The average molecular weight is 597 g/mol. The lowest BCUT2D eigenvalue weighted by Gasteiger charge is -2.37. The van der Waals surface area contributed by atoms with E-state index >= 15 is 0 Å². The second-order valence-corrected chi connectivity index (χ2v) is 12.6. The zero-order valence-corrected chi connectivity index (χ0v) is 26.3. The van der Waals surface area contributed by atoms with Crippen LogP contribution < -0.4 is 31.7 Å². The number of anilines is 2. The summed E-state index contributed by atoms with van der Waals surface area (Å²) in [6.45, 7) is 12.5. The third-order valence-corrected chi connectivity index (χ3v) is 9.95. The highest BCUT2D eigenvalue weighted by Crippen LogP contribution is 2.45. The number of nitrogens with one attached hydrogen (secondary N) is 5. The zero-order valence-electron chi connectivity index (χ0n) is 26.3. The summed E-state index contributed by atoms with van der Waals surface area (Å²) in [6, 6.07) is 12.7. The van der Waals surface area contributed by atoms with Crippen LogP contribution in [0.25, 0.3) is 11.1 Å². The first kappa shape index (κ1) is 30.1. The smallest absolute Gasteiger partial charge is 0.253 e. The van der Waals surface area contributed by atoms with Crippen LogP contribution in [0, 0.1) is 20.8 Å². The number of aromatic nitrogens is 1. The van der Waals surface area contributed by atoms with E-state index < -0.39 is 5.41 Å². The van der Waals surface area contributed by atoms with Crippen LogP contribution in [0.2, 0.25) is 0 Å². The van der Waals surface area contributed by atoms with E-state index in [0.717, 1.165) is 103 Å². The molecule has 0 unspecified atom stereocenters. The maximum absolute atomic E-state index is 13.9. The predicted molar refractivity (Wildman–Crippen MR) is 176 cm³/mol. The molecule has 1 aromatic heterocycles. The third-order valence-electron chi connectivity index (χ3n) is 9.95. The van der Waals surface area contributed by atoms with Crippen molar-refractivity contribution in [1.82, 2.24) is 20.9 Å². The van der Waals surface area contributed by atoms with Crippen molar-refractivity contribution in [3.8, 4) is 11.1 Å². The zero-order chi connectivity index (χ0) is 31.0. The Hall–Kier alpha value is -3.95. The molecule has 2 aromatic carbocycles. The van der Waals surface area contributed by atoms with E-state index in [1.807, 2.05) is 32.9 Å². The van der Waals surface area contributed by atoms with Crippen LogP contribution in [0.1, 0.15) is 70.9 Å². The molecule has 232 valence electrons. The van der Waals surface area contributed by atoms with Crippen molar-refractivity contribution >= 4 is 23.2 Å². The topological polar surface area (TPSA) is 118 Å². The number of pyridine rings is 1. The van der Waals surface area contributed by atoms with Crippen molar-refractivity contribution in [2.24, 2.45) is 0 Å². The van der Waals surface area contributed by atoms with E-state index in [-0.39, 0.29) is 23.9 Å². The molecule has 2 fully saturated rings. The Morgan fingerprint density at radius 1 is 0.955 bits per heavy atom. The van der Waals surface area contributed by atoms with Crippen LogP contribution in [-0.2, 0) is 16.8 Å². The first-order chi connectivity index (χ1) is 21.2. The number of carbonyl (C=O) groups is 2. The average Bonchev–Trinajstić information content (AvgIpc) is 3.27. The molecule has 9 heteroatoms. The summed E-state index contributed by atoms with van der Waals surface area (Å²) in [4.78, 5) is 45.0. The van der Waals surface area contributed by atoms with Gasteiger partial charge in [-0.05, 0) is 132 Å². The molecule has 6 rings (SSSR count). The molecule has 3 aromatic rings. The van der Waals surface area contributed by atoms with Crippen molar-refractivity contribution in [2.75, 3.05) is 42.9 Å². The number of piperidine rings is 2. The number of benzene rings is 2. The van der Waals surface area contributed by atoms with E-state index in [9.17, 15) is 14.4 Å². The Balaban J connectivity index is 1.39. The minimum atomic E-state index is -0.470. The van der Waals surface area contributed by atoms with Crippen molar-refractivity contribution in [3.63, 3.8) is 0 Å². The van der Waals surface area contributed by atoms with Gasteiger partial charge in [0.05, 0.1) is 5.41 Å². The molecule has 44 heavy (non-hydrogen) atoms. The van der Waals surface area contributed by atoms with E-state index in [4.69, 9.17) is 0 Å². The van der Waals surface area contributed by atoms with Crippen LogP contribution in [0.15, 0.2) is 41.2 Å². The van der Waals surface area contributed by atoms with Crippen molar-refractivity contribution in [2.45, 2.75) is 71.4 Å². The molecule has 3 aliphatic rings. The van der Waals surface area contributed by atoms with Gasteiger partial charge in [-0.3, -0.25) is 14.4 Å². The number of nitrogens with zero attached hydrogens (tertiary/aromatic N) is 1. The van der Waals surface area contributed by atoms with Gasteiger partial charge in [-0.2, -0.15) is 0 Å². The second kappa shape index (κ2) is 12.2. The van der Waals surface area contributed by atoms with Gasteiger partial charge in [0.2, 0.25) is 5.91 Å². The standard InChI is InChI=1S/C35H44N6O3/c1-5-41(26-8-12-36-13-9-26)31-19-25(24-6-7-29-30(18-24)40-34(44)35(29)10-14-37-15-11-35)17-27(23(31)4)32(42)38-20-28-21(2)16-22(3)39-33(28)43/h6-7,16-19,26,36-37H,5,8-15,20H2,1-4H3,(H,38,42)(H,39,43)(H,40,44). The summed E-state index contributed by atoms with van der Waals surface area (Å²) in [7, 11) is 0. The lowest BCUT2D eigenvalue weighted by molar-refractivity contribution is -0.121. The molecule has 2 amide bonds. The number of rotatable bonds is 7. The number of carbonyl (C=O) groups excluding carboxylic acids is 2. The maximum Gasteiger partial charge on any atom is 0.253 e. The van der Waals surface area contributed by atoms with Gasteiger partial charge in [-0.15, -0.1) is 0 Å². The van der Waals surface area contributed by atoms with Gasteiger partial charge in [-0.1, -0.05) is 12.1 Å². The van der Waals surface area contributed by atoms with Gasteiger partial charge in [0.1, 0.15) is 0 Å². The summed E-state index contributed by atoms with van der Waals surface area (Å²) in [5.41, 5.74) is 7.94. The molecule has 4 heterocycles. The van der Waals surface area contributed by atoms with Gasteiger partial charge < -0.3 is 31.2 Å². The normalized spacial score (nSPS) is 17.8. The Morgan fingerprint density at radius 3 is 2.39 bits per heavy atom. The minimum Gasteiger partial charge on any atom is -0.368 e. The van der Waals surface area contributed by atoms with Crippen LogP contribution >= 0.6 is 0 Å². The highest BCUT2D eigenvalue weighted by molar-refractivity contribution is 6.07. The molecular formula is C35H44N6O3. The highest BCUT2D eigenvalue weighted by atomic mass is 16.2. The molecule has 0 saturated carbocycles. The fourth-order valence-electron chi connectivity index (χ4n) is 7.47. The van der Waals surface area contributed by atoms with Crippen molar-refractivity contribution < 1.29 is 9.59 Å². The summed E-state index contributed by atoms with van der Waals surface area (Å²) in [5.74, 6) is -0.130. The molecular weight excluding hydrogens is 552 g/mol. The van der Waals surface area contributed by atoms with Crippen LogP contribution in [0.3, 0.4) is 0 Å². The lowest BCUT2D eigenvalue weighted by atomic mass is 9.74. The van der Waals surface area contributed by atoms with E-state index in [0.29, 0.717) is 17.2 Å². The first-order valence-corrected chi connectivity index (χ1v) is 16.0. The van der Waals surface area contributed by atoms with Crippen LogP contribution in [0.5, 0.6) is 0 Å². The van der Waals surface area contributed by atoms with Gasteiger partial charge in [-0.25, -0.2) is 0 Å². The largest absolute Gasteiger partial charge is 0.368 e. The predicted octanol–water partition coefficient (Wildman–Crippen LogP) is 4.05. The molecule has 5 N–H and O–H groups in total. The lowest BCUT2D eigenvalue weighted by Crippen LogP contribution is -2.44. The van der Waals surface area contributed by atoms with E-state index in [1.165, 1.54) is 0 Å². The fraction of sp³-hybridized carbons (Fsp3) is 0.457. The van der Waals surface area contributed by atoms with Gasteiger partial charge in [0.25, 0.3) is 11.5 Å². The molecule has 1 spiro atoms. The monoisotopic (exact) mass is 596 g/mol. The molecule has 0 atom stereocenters. The minimum absolute atomic E-state index is 0.0836. The summed E-state index contributed by atoms with van der Waals surface area (Å²) in [6.07, 6.45) is 3.65. The summed E-state index contributed by atoms with van der Waals surface area (Å²) < 4.78 is 0. The van der Waals surface area contributed by atoms with E-state index in [1.54, 1.807) is 0 Å². The van der Waals surface area contributed by atoms with Crippen LogP contribution in [0.4, 0.5) is 11.4 Å². The molecule has 2 saturated heterocycles. The number of aromatic amines is 1. The Morgan fingerprint density at radius 2 is 1.68 bits per heavy atom. The molecule has 0 radical (unpaired) electrons. The molecule has 9 nitrogen and oxygen atoms in total. The Bertz CT molecular complexity index is 1650. The number of H-pyrrole nitrogens is 1. The number of hydrogen-bond donors (Lipinski definition) is 5. The first-order valence-electron chi connectivity index (χ1n) is 16.0. The molecule has 0 bridgehead atoms. The summed E-state index contributed by atoms with van der Waals surface area (Å²) >= 11 is 0. The van der Waals surface area contributed by atoms with Crippen LogP contribution in [-0.4, -0.2) is 55.6 Å². The van der Waals surface area contributed by atoms with E-state index in [2.05, 4.69) is 62.3 Å². The Labute approximate surface area is 259 Å². The molecule has 3 aliphatic heterocycles. The SMILES string of the molecule is CCN(c1cc(-c2ccc3c(c2)NC(=O)C32CCNCC2)cc(C(=O)NCc2c(C)cc(C)[nH]c2=O)c1C)C1CCNCC1. The van der Waals surface area contributed by atoms with Crippen molar-refractivity contribution in [1.29, 1.82) is 0 Å².